The number of halogens is 2. The van der Waals surface area contributed by atoms with E-state index in [-0.39, 0.29) is 47.8 Å². The Morgan fingerprint density at radius 2 is 0.491 bits per heavy atom. The second-order valence-corrected chi connectivity index (χ2v) is 18.9. The summed E-state index contributed by atoms with van der Waals surface area (Å²) < 4.78 is 0. The molecule has 320 valence electrons. The summed E-state index contributed by atoms with van der Waals surface area (Å²) in [5.74, 6) is -0.460. The van der Waals surface area contributed by atoms with E-state index in [1.165, 1.54) is 116 Å². The molecule has 0 saturated heterocycles. The average molecular weight is 857 g/mol. The van der Waals surface area contributed by atoms with Gasteiger partial charge < -0.3 is 21.3 Å². The molecule has 6 aliphatic carbocycles. The molecule has 0 aromatic carbocycles. The molecule has 13 heteroatoms. The maximum atomic E-state index is 12.9. The second-order valence-electron chi connectivity index (χ2n) is 17.3. The zero-order valence-corrected chi connectivity index (χ0v) is 36.0. The SMILES string of the molecule is O=C(NC1CCCCC1)C(NC1CCCCC1)C(=O)NC1CCCCC1.O=C(NC1CCCCC1)C(NC1CCCCC1)C(=O)NC1CCCCC1.[Cl][Ni][Cl]. The average Bonchev–Trinajstić information content (AvgIpc) is 3.22. The van der Waals surface area contributed by atoms with Gasteiger partial charge in [0.25, 0.3) is 0 Å². The molecule has 0 unspecified atom stereocenters. The van der Waals surface area contributed by atoms with E-state index in [0.717, 1.165) is 77.0 Å². The Morgan fingerprint density at radius 3 is 0.673 bits per heavy atom. The second kappa shape index (κ2) is 27.5. The van der Waals surface area contributed by atoms with Crippen LogP contribution in [0.2, 0.25) is 0 Å². The fraction of sp³-hybridized carbons (Fsp3) is 0.905. The molecule has 0 heterocycles. The van der Waals surface area contributed by atoms with Crippen LogP contribution in [0.3, 0.4) is 0 Å². The molecule has 6 aliphatic rings. The van der Waals surface area contributed by atoms with Crippen molar-refractivity contribution >= 4 is 44.0 Å². The van der Waals surface area contributed by atoms with E-state index in [1.54, 1.807) is 0 Å². The molecule has 6 rings (SSSR count). The van der Waals surface area contributed by atoms with Gasteiger partial charge in [0.1, 0.15) is 0 Å². The van der Waals surface area contributed by atoms with Gasteiger partial charge in [-0.05, 0) is 77.0 Å². The van der Waals surface area contributed by atoms with Crippen LogP contribution in [0, 0.1) is 0 Å². The van der Waals surface area contributed by atoms with E-state index in [0.29, 0.717) is 24.7 Å². The van der Waals surface area contributed by atoms with E-state index in [9.17, 15) is 19.2 Å². The van der Waals surface area contributed by atoms with E-state index in [1.807, 2.05) is 0 Å². The van der Waals surface area contributed by atoms with Gasteiger partial charge >= 0.3 is 33.0 Å². The van der Waals surface area contributed by atoms with Gasteiger partial charge in [0, 0.05) is 36.3 Å². The Balaban J connectivity index is 0.000000228. The monoisotopic (exact) mass is 854 g/mol. The summed E-state index contributed by atoms with van der Waals surface area (Å²) in [5.41, 5.74) is 0. The van der Waals surface area contributed by atoms with Gasteiger partial charge in [0.2, 0.25) is 23.6 Å². The van der Waals surface area contributed by atoms with Crippen LogP contribution in [0.15, 0.2) is 0 Å². The zero-order valence-electron chi connectivity index (χ0n) is 33.5. The fourth-order valence-corrected chi connectivity index (χ4v) is 9.68. The minimum absolute atomic E-state index is 0.115. The molecule has 0 bridgehead atoms. The predicted molar refractivity (Wildman–Crippen MR) is 219 cm³/mol. The van der Waals surface area contributed by atoms with Crippen molar-refractivity contribution < 1.29 is 31.8 Å². The number of hydrogen-bond donors (Lipinski definition) is 6. The third-order valence-electron chi connectivity index (χ3n) is 12.9. The molecular weight excluding hydrogens is 782 g/mol. The molecule has 4 amide bonds. The van der Waals surface area contributed by atoms with Gasteiger partial charge in [0.05, 0.1) is 0 Å². The molecule has 10 nitrogen and oxygen atoms in total. The molecule has 0 aromatic heterocycles. The zero-order chi connectivity index (χ0) is 39.1. The molecule has 6 N–H and O–H groups in total. The van der Waals surface area contributed by atoms with Gasteiger partial charge in [-0.15, -0.1) is 0 Å². The number of hydrogen-bond acceptors (Lipinski definition) is 6. The van der Waals surface area contributed by atoms with Crippen LogP contribution >= 0.6 is 20.4 Å². The van der Waals surface area contributed by atoms with Crippen molar-refractivity contribution in [3.63, 3.8) is 0 Å². The van der Waals surface area contributed by atoms with Crippen molar-refractivity contribution in [3.8, 4) is 0 Å². The number of carbonyl (C=O) groups is 4. The third-order valence-corrected chi connectivity index (χ3v) is 12.9. The topological polar surface area (TPSA) is 140 Å². The Hall–Kier alpha value is -1.13. The summed E-state index contributed by atoms with van der Waals surface area (Å²) in [7, 11) is 9.40. The Labute approximate surface area is 347 Å². The first-order chi connectivity index (χ1) is 26.9. The summed E-state index contributed by atoms with van der Waals surface area (Å²) in [4.78, 5) is 51.7. The summed E-state index contributed by atoms with van der Waals surface area (Å²) in [6.45, 7) is 0. The summed E-state index contributed by atoms with van der Waals surface area (Å²) in [6, 6.07) is 0.0994. The van der Waals surface area contributed by atoms with Gasteiger partial charge in [-0.2, -0.15) is 0 Å². The van der Waals surface area contributed by atoms with Crippen LogP contribution in [-0.4, -0.2) is 72.0 Å². The molecule has 0 aromatic rings. The molecule has 0 radical (unpaired) electrons. The van der Waals surface area contributed by atoms with E-state index >= 15 is 0 Å². The number of rotatable bonds is 12. The van der Waals surface area contributed by atoms with Crippen molar-refractivity contribution in [3.05, 3.63) is 0 Å². The van der Waals surface area contributed by atoms with Gasteiger partial charge in [-0.1, -0.05) is 116 Å². The van der Waals surface area contributed by atoms with Gasteiger partial charge in [-0.3, -0.25) is 29.8 Å². The molecule has 0 spiro atoms. The summed E-state index contributed by atoms with van der Waals surface area (Å²) in [6.07, 6.45) is 34.5. The van der Waals surface area contributed by atoms with Crippen LogP contribution in [0.5, 0.6) is 0 Å². The van der Waals surface area contributed by atoms with Crippen LogP contribution in [0.4, 0.5) is 0 Å². The normalized spacial score (nSPS) is 22.8. The molecule has 6 saturated carbocycles. The molecule has 0 aliphatic heterocycles. The summed E-state index contributed by atoms with van der Waals surface area (Å²) in [5, 5.41) is 19.5. The van der Waals surface area contributed by atoms with Crippen LogP contribution in [0.1, 0.15) is 193 Å². The van der Waals surface area contributed by atoms with Crippen molar-refractivity contribution in [2.75, 3.05) is 0 Å². The molecule has 55 heavy (non-hydrogen) atoms. The third kappa shape index (κ3) is 18.1. The van der Waals surface area contributed by atoms with E-state index in [4.69, 9.17) is 20.4 Å². The van der Waals surface area contributed by atoms with E-state index in [2.05, 4.69) is 31.9 Å². The van der Waals surface area contributed by atoms with Crippen molar-refractivity contribution in [2.24, 2.45) is 0 Å². The molecule has 6 fully saturated rings. The first kappa shape index (κ1) is 46.6. The van der Waals surface area contributed by atoms with Gasteiger partial charge in [-0.25, -0.2) is 0 Å². The Bertz CT molecular complexity index is 956. The standard InChI is InChI=1S/2C21H37N3O2.2ClH.Ni/c2*25-20(23-17-12-6-2-7-13-17)19(22-16-10-4-1-5-11-16)21(26)24-18-14-8-3-9-15-18;;;/h2*16-19,22H,1-15H2,(H,23,25)(H,24,26);2*1H;/q;;;;+2/p-2. The van der Waals surface area contributed by atoms with Crippen LogP contribution in [-0.2, 0) is 31.8 Å². The van der Waals surface area contributed by atoms with Gasteiger partial charge in [0.15, 0.2) is 12.1 Å². The molecule has 0 atom stereocenters. The number of amides is 4. The fourth-order valence-electron chi connectivity index (χ4n) is 9.68. The minimum atomic E-state index is -0.734. The van der Waals surface area contributed by atoms with E-state index < -0.39 is 12.1 Å². The Morgan fingerprint density at radius 1 is 0.327 bits per heavy atom. The quantitative estimate of drug-likeness (QED) is 0.0878. The maximum absolute atomic E-state index is 12.9. The summed E-state index contributed by atoms with van der Waals surface area (Å²) >= 11 is 0.569. The van der Waals surface area contributed by atoms with Crippen molar-refractivity contribution in [1.82, 2.24) is 31.9 Å². The first-order valence-electron chi connectivity index (χ1n) is 22.4. The van der Waals surface area contributed by atoms with Crippen LogP contribution < -0.4 is 31.9 Å². The Kier molecular flexibility index (Phi) is 23.3. The molecular formula is C42H74Cl2N6NiO4. The number of carbonyl (C=O) groups excluding carboxylic acids is 4. The number of nitrogens with one attached hydrogen (secondary N) is 6. The van der Waals surface area contributed by atoms with Crippen LogP contribution in [0.25, 0.3) is 0 Å². The van der Waals surface area contributed by atoms with Crippen molar-refractivity contribution in [1.29, 1.82) is 0 Å². The first-order valence-corrected chi connectivity index (χ1v) is 25.1. The predicted octanol–water partition coefficient (Wildman–Crippen LogP) is 7.73. The van der Waals surface area contributed by atoms with Crippen molar-refractivity contribution in [2.45, 2.75) is 241 Å².